The number of fused-ring (bicyclic) bond motifs is 1. The number of hydrogen-bond donors (Lipinski definition) is 2. The Morgan fingerprint density at radius 2 is 1.89 bits per heavy atom. The van der Waals surface area contributed by atoms with E-state index in [9.17, 15) is 23.1 Å². The number of rotatable bonds is 5. The van der Waals surface area contributed by atoms with Crippen LogP contribution in [0, 0.1) is 0 Å². The molecule has 0 aliphatic rings. The number of aromatic amines is 1. The first kappa shape index (κ1) is 22.3. The smallest absolute Gasteiger partial charge is 0.417 e. The number of carboxylic acids is 1. The van der Waals surface area contributed by atoms with Crippen LogP contribution in [0.1, 0.15) is 29.3 Å². The van der Waals surface area contributed by atoms with E-state index in [1.165, 1.54) is 6.07 Å². The second kappa shape index (κ2) is 8.59. The summed E-state index contributed by atoms with van der Waals surface area (Å²) < 4.78 is 39.4. The van der Waals surface area contributed by atoms with E-state index in [0.717, 1.165) is 12.1 Å². The van der Waals surface area contributed by atoms with Gasteiger partial charge in [-0.1, -0.05) is 29.3 Å². The molecule has 0 fully saturated rings. The van der Waals surface area contributed by atoms with E-state index in [4.69, 9.17) is 23.2 Å². The van der Waals surface area contributed by atoms with E-state index in [2.05, 4.69) is 9.97 Å². The summed E-state index contributed by atoms with van der Waals surface area (Å²) in [4.78, 5) is 18.6. The molecule has 1 atom stereocenters. The number of imidazole rings is 1. The van der Waals surface area contributed by atoms with Crippen molar-refractivity contribution in [1.82, 2.24) is 9.97 Å². The highest BCUT2D eigenvalue weighted by Gasteiger charge is 2.34. The molecule has 1 unspecified atom stereocenters. The van der Waals surface area contributed by atoms with Crippen LogP contribution in [0.2, 0.25) is 10.0 Å². The number of nitrogens with zero attached hydrogens (tertiary/aromatic N) is 1. The predicted octanol–water partition coefficient (Wildman–Crippen LogP) is 6.11. The Morgan fingerprint density at radius 1 is 1.18 bits per heavy atom. The first-order chi connectivity index (χ1) is 12.6. The first-order valence-corrected chi connectivity index (χ1v) is 8.61. The van der Waals surface area contributed by atoms with Gasteiger partial charge in [-0.25, -0.2) is 4.98 Å². The van der Waals surface area contributed by atoms with Gasteiger partial charge in [-0.15, -0.1) is 12.4 Å². The molecule has 1 aromatic heterocycles. The Kier molecular flexibility index (Phi) is 6.85. The minimum absolute atomic E-state index is 0. The number of aromatic nitrogens is 2. The van der Waals surface area contributed by atoms with Crippen LogP contribution in [0.4, 0.5) is 13.2 Å². The van der Waals surface area contributed by atoms with Crippen molar-refractivity contribution in [3.8, 4) is 0 Å². The van der Waals surface area contributed by atoms with Crippen LogP contribution in [0.25, 0.3) is 11.0 Å². The summed E-state index contributed by atoms with van der Waals surface area (Å²) in [5, 5.41) is 9.25. The van der Waals surface area contributed by atoms with E-state index in [-0.39, 0.29) is 30.8 Å². The second-order valence-electron chi connectivity index (χ2n) is 6.08. The Morgan fingerprint density at radius 3 is 2.54 bits per heavy atom. The number of aliphatic carboxylic acids is 1. The van der Waals surface area contributed by atoms with Crippen LogP contribution in [0.15, 0.2) is 36.4 Å². The third-order valence-corrected chi connectivity index (χ3v) is 4.69. The maximum atomic E-state index is 13.1. The summed E-state index contributed by atoms with van der Waals surface area (Å²) in [5.74, 6) is -1.37. The van der Waals surface area contributed by atoms with Crippen molar-refractivity contribution in [1.29, 1.82) is 0 Å². The molecule has 0 amide bonds. The molecule has 4 nitrogen and oxygen atoms in total. The quantitative estimate of drug-likeness (QED) is 0.490. The van der Waals surface area contributed by atoms with Gasteiger partial charge in [0.2, 0.25) is 0 Å². The number of halogens is 6. The minimum atomic E-state index is -4.63. The maximum Gasteiger partial charge on any atom is 0.417 e. The lowest BCUT2D eigenvalue weighted by molar-refractivity contribution is -0.138. The maximum absolute atomic E-state index is 13.1. The van der Waals surface area contributed by atoms with Gasteiger partial charge < -0.3 is 10.1 Å². The third-order valence-electron chi connectivity index (χ3n) is 4.12. The highest BCUT2D eigenvalue weighted by atomic mass is 35.5. The molecule has 28 heavy (non-hydrogen) atoms. The standard InChI is InChI=1S/C18H13Cl2F3N2O2.ClH/c19-11-2-4-14-15(8-11)25-16(24-14)6-10(7-17(26)27)9-1-3-13(20)12(5-9)18(21,22)23;/h1-5,8,10H,6-7H2,(H,24,25)(H,26,27);1H. The van der Waals surface area contributed by atoms with Gasteiger partial charge in [-0.3, -0.25) is 4.79 Å². The summed E-state index contributed by atoms with van der Waals surface area (Å²) in [6.07, 6.45) is -4.86. The number of alkyl halides is 3. The largest absolute Gasteiger partial charge is 0.481 e. The van der Waals surface area contributed by atoms with Crippen molar-refractivity contribution < 1.29 is 23.1 Å². The van der Waals surface area contributed by atoms with E-state index in [1.54, 1.807) is 18.2 Å². The molecular formula is C18H14Cl3F3N2O2. The van der Waals surface area contributed by atoms with Crippen molar-refractivity contribution in [2.45, 2.75) is 24.9 Å². The fourth-order valence-corrected chi connectivity index (χ4v) is 3.29. The number of nitrogens with one attached hydrogen (secondary N) is 1. The molecule has 0 aliphatic heterocycles. The van der Waals surface area contributed by atoms with E-state index in [0.29, 0.717) is 21.9 Å². The van der Waals surface area contributed by atoms with Crippen molar-refractivity contribution >= 4 is 52.6 Å². The third kappa shape index (κ3) is 5.10. The lowest BCUT2D eigenvalue weighted by Gasteiger charge is -2.17. The van der Waals surface area contributed by atoms with Gasteiger partial charge in [0, 0.05) is 17.4 Å². The lowest BCUT2D eigenvalue weighted by Crippen LogP contribution is -2.12. The van der Waals surface area contributed by atoms with Crippen molar-refractivity contribution in [3.05, 3.63) is 63.4 Å². The molecule has 0 saturated heterocycles. The monoisotopic (exact) mass is 452 g/mol. The van der Waals surface area contributed by atoms with Crippen LogP contribution in [0.5, 0.6) is 0 Å². The van der Waals surface area contributed by atoms with E-state index >= 15 is 0 Å². The van der Waals surface area contributed by atoms with Crippen LogP contribution >= 0.6 is 35.6 Å². The van der Waals surface area contributed by atoms with Gasteiger partial charge in [0.25, 0.3) is 0 Å². The van der Waals surface area contributed by atoms with E-state index in [1.807, 2.05) is 0 Å². The van der Waals surface area contributed by atoms with E-state index < -0.39 is 28.6 Å². The van der Waals surface area contributed by atoms with Crippen molar-refractivity contribution in [2.24, 2.45) is 0 Å². The summed E-state index contributed by atoms with van der Waals surface area (Å²) in [7, 11) is 0. The Bertz CT molecular complexity index is 1010. The van der Waals surface area contributed by atoms with Crippen molar-refractivity contribution in [3.63, 3.8) is 0 Å². The van der Waals surface area contributed by atoms with Crippen LogP contribution < -0.4 is 0 Å². The molecule has 3 rings (SSSR count). The molecule has 150 valence electrons. The summed E-state index contributed by atoms with van der Waals surface area (Å²) >= 11 is 11.6. The molecule has 2 N–H and O–H groups in total. The average molecular weight is 454 g/mol. The van der Waals surface area contributed by atoms with Crippen LogP contribution in [-0.4, -0.2) is 21.0 Å². The number of hydrogen-bond acceptors (Lipinski definition) is 2. The zero-order valence-corrected chi connectivity index (χ0v) is 16.4. The zero-order valence-electron chi connectivity index (χ0n) is 14.1. The van der Waals surface area contributed by atoms with Crippen molar-refractivity contribution in [2.75, 3.05) is 0 Å². The van der Waals surface area contributed by atoms with Gasteiger partial charge in [0.05, 0.1) is 28.0 Å². The second-order valence-corrected chi connectivity index (χ2v) is 6.92. The van der Waals surface area contributed by atoms with Gasteiger partial charge >= 0.3 is 12.1 Å². The fraction of sp³-hybridized carbons (Fsp3) is 0.222. The number of carboxylic acid groups (broad SMARTS) is 1. The highest BCUT2D eigenvalue weighted by Crippen LogP contribution is 2.37. The molecular weight excluding hydrogens is 440 g/mol. The molecule has 0 aliphatic carbocycles. The summed E-state index contributed by atoms with van der Waals surface area (Å²) in [5.41, 5.74) is 0.537. The van der Waals surface area contributed by atoms with Gasteiger partial charge in [0.1, 0.15) is 5.82 Å². The molecule has 2 aromatic carbocycles. The van der Waals surface area contributed by atoms with Crippen LogP contribution in [-0.2, 0) is 17.4 Å². The number of benzene rings is 2. The summed E-state index contributed by atoms with van der Waals surface area (Å²) in [6.45, 7) is 0. The number of carbonyl (C=O) groups is 1. The molecule has 0 saturated carbocycles. The van der Waals surface area contributed by atoms with Gasteiger partial charge in [0.15, 0.2) is 0 Å². The SMILES string of the molecule is Cl.O=C(O)CC(Cc1nc2cc(Cl)ccc2[nH]1)c1ccc(Cl)c(C(F)(F)F)c1. The predicted molar refractivity (Wildman–Crippen MR) is 104 cm³/mol. The fourth-order valence-electron chi connectivity index (χ4n) is 2.89. The molecule has 3 aromatic rings. The normalized spacial score (nSPS) is 12.6. The topological polar surface area (TPSA) is 66.0 Å². The molecule has 0 bridgehead atoms. The molecule has 0 spiro atoms. The minimum Gasteiger partial charge on any atom is -0.481 e. The summed E-state index contributed by atoms with van der Waals surface area (Å²) in [6, 6.07) is 8.49. The molecule has 10 heteroatoms. The lowest BCUT2D eigenvalue weighted by atomic mass is 9.91. The van der Waals surface area contributed by atoms with Crippen LogP contribution in [0.3, 0.4) is 0 Å². The Balaban J connectivity index is 0.00000280. The first-order valence-electron chi connectivity index (χ1n) is 7.86. The number of H-pyrrole nitrogens is 1. The average Bonchev–Trinajstić information content (AvgIpc) is 2.94. The molecule has 1 heterocycles. The van der Waals surface area contributed by atoms with Gasteiger partial charge in [-0.05, 0) is 35.9 Å². The Labute approximate surface area is 174 Å². The highest BCUT2D eigenvalue weighted by molar-refractivity contribution is 6.31. The zero-order chi connectivity index (χ0) is 19.8. The Hall–Kier alpha value is -1.96. The van der Waals surface area contributed by atoms with Gasteiger partial charge in [-0.2, -0.15) is 13.2 Å². The molecule has 0 radical (unpaired) electrons.